The van der Waals surface area contributed by atoms with E-state index < -0.39 is 6.10 Å². The maximum absolute atomic E-state index is 11.4. The molecule has 0 radical (unpaired) electrons. The van der Waals surface area contributed by atoms with Gasteiger partial charge >= 0.3 is 0 Å². The van der Waals surface area contributed by atoms with Gasteiger partial charge in [-0.1, -0.05) is 42.5 Å². The summed E-state index contributed by atoms with van der Waals surface area (Å²) in [5, 5.41) is 13.0. The fourth-order valence-electron chi connectivity index (χ4n) is 2.69. The number of aliphatic hydroxyl groups excluding tert-OH is 1. The lowest BCUT2D eigenvalue weighted by Crippen LogP contribution is -2.39. The van der Waals surface area contributed by atoms with Gasteiger partial charge in [-0.3, -0.25) is 9.69 Å². The van der Waals surface area contributed by atoms with Crippen molar-refractivity contribution in [2.24, 2.45) is 0 Å². The first-order valence-corrected chi connectivity index (χ1v) is 9.50. The normalized spacial score (nSPS) is 12.1. The van der Waals surface area contributed by atoms with Crippen LogP contribution in [0.1, 0.15) is 19.4 Å². The quantitative estimate of drug-likeness (QED) is 0.621. The highest BCUT2D eigenvalue weighted by Gasteiger charge is 2.17. The van der Waals surface area contributed by atoms with E-state index in [-0.39, 0.29) is 25.2 Å². The predicted octanol–water partition coefficient (Wildman–Crippen LogP) is 2.46. The molecule has 0 bridgehead atoms. The molecule has 2 aromatic carbocycles. The van der Waals surface area contributed by atoms with Gasteiger partial charge in [-0.25, -0.2) is 0 Å². The van der Waals surface area contributed by atoms with Crippen LogP contribution in [0, 0.1) is 0 Å². The molecule has 6 heteroatoms. The van der Waals surface area contributed by atoms with Crippen LogP contribution < -0.4 is 14.8 Å². The third-order valence-electron chi connectivity index (χ3n) is 4.32. The number of para-hydroxylation sites is 2. The maximum Gasteiger partial charge on any atom is 0.257 e. The van der Waals surface area contributed by atoms with E-state index in [0.29, 0.717) is 18.0 Å². The van der Waals surface area contributed by atoms with Crippen molar-refractivity contribution in [3.05, 3.63) is 60.2 Å². The number of rotatable bonds is 11. The number of carbonyl (C=O) groups is 1. The van der Waals surface area contributed by atoms with Gasteiger partial charge in [0.2, 0.25) is 0 Å². The van der Waals surface area contributed by atoms with Crippen molar-refractivity contribution < 1.29 is 19.4 Å². The summed E-state index contributed by atoms with van der Waals surface area (Å²) in [5.41, 5.74) is 1.21. The molecule has 2 aromatic rings. The fraction of sp³-hybridized carbons (Fsp3) is 0.409. The van der Waals surface area contributed by atoms with E-state index in [1.165, 1.54) is 5.56 Å². The number of likely N-dealkylation sites (N-methyl/N-ethyl adjacent to an activating group) is 1. The molecule has 0 saturated heterocycles. The van der Waals surface area contributed by atoms with Gasteiger partial charge in [0, 0.05) is 26.2 Å². The number of hydrogen-bond donors (Lipinski definition) is 2. The average Bonchev–Trinajstić information content (AvgIpc) is 2.71. The second-order valence-corrected chi connectivity index (χ2v) is 6.88. The Labute approximate surface area is 167 Å². The lowest BCUT2D eigenvalue weighted by molar-refractivity contribution is -0.122. The van der Waals surface area contributed by atoms with E-state index >= 15 is 0 Å². The molecule has 0 fully saturated rings. The summed E-state index contributed by atoms with van der Waals surface area (Å²) in [6, 6.07) is 17.6. The fourth-order valence-corrected chi connectivity index (χ4v) is 2.69. The second-order valence-electron chi connectivity index (χ2n) is 6.88. The van der Waals surface area contributed by atoms with E-state index in [1.54, 1.807) is 19.2 Å². The summed E-state index contributed by atoms with van der Waals surface area (Å²) in [6.45, 7) is 5.53. The summed E-state index contributed by atoms with van der Waals surface area (Å²) in [5.74, 6) is 0.760. The first kappa shape index (κ1) is 21.7. The van der Waals surface area contributed by atoms with E-state index in [9.17, 15) is 9.90 Å². The molecule has 1 amide bonds. The van der Waals surface area contributed by atoms with E-state index in [1.807, 2.05) is 30.3 Å². The first-order valence-electron chi connectivity index (χ1n) is 9.50. The van der Waals surface area contributed by atoms with Crippen LogP contribution in [-0.2, 0) is 11.3 Å². The third kappa shape index (κ3) is 7.21. The lowest BCUT2D eigenvalue weighted by atomic mass is 10.1. The minimum absolute atomic E-state index is 0.0857. The van der Waals surface area contributed by atoms with Crippen LogP contribution in [0.2, 0.25) is 0 Å². The zero-order valence-corrected chi connectivity index (χ0v) is 16.8. The molecular formula is C22H30N2O4. The van der Waals surface area contributed by atoms with Gasteiger partial charge in [-0.2, -0.15) is 0 Å². The van der Waals surface area contributed by atoms with Gasteiger partial charge in [-0.05, 0) is 31.5 Å². The summed E-state index contributed by atoms with van der Waals surface area (Å²) >= 11 is 0. The van der Waals surface area contributed by atoms with Crippen molar-refractivity contribution in [1.82, 2.24) is 10.2 Å². The van der Waals surface area contributed by atoms with E-state index in [2.05, 4.69) is 36.2 Å². The molecule has 6 nitrogen and oxygen atoms in total. The minimum Gasteiger partial charge on any atom is -0.487 e. The molecule has 0 heterocycles. The van der Waals surface area contributed by atoms with Crippen LogP contribution in [0.15, 0.2) is 54.6 Å². The SMILES string of the molecule is CNC(=O)COc1ccccc1OCC(O)CN(Cc1ccccc1)C(C)C. The number of nitrogens with one attached hydrogen (secondary N) is 1. The maximum atomic E-state index is 11.4. The largest absolute Gasteiger partial charge is 0.487 e. The highest BCUT2D eigenvalue weighted by atomic mass is 16.5. The Bertz CT molecular complexity index is 721. The van der Waals surface area contributed by atoms with E-state index in [4.69, 9.17) is 9.47 Å². The van der Waals surface area contributed by atoms with Crippen LogP contribution in [0.25, 0.3) is 0 Å². The monoisotopic (exact) mass is 386 g/mol. The second kappa shape index (κ2) is 11.3. The first-order chi connectivity index (χ1) is 13.5. The van der Waals surface area contributed by atoms with Crippen molar-refractivity contribution in [1.29, 1.82) is 0 Å². The molecule has 0 aromatic heterocycles. The molecule has 0 aliphatic rings. The highest BCUT2D eigenvalue weighted by Crippen LogP contribution is 2.26. The van der Waals surface area contributed by atoms with Crippen LogP contribution in [-0.4, -0.2) is 54.9 Å². The van der Waals surface area contributed by atoms with Gasteiger partial charge in [0.05, 0.1) is 0 Å². The van der Waals surface area contributed by atoms with Crippen molar-refractivity contribution in [3.63, 3.8) is 0 Å². The van der Waals surface area contributed by atoms with Gasteiger partial charge < -0.3 is 19.9 Å². The number of amides is 1. The molecule has 2 N–H and O–H groups in total. The van der Waals surface area contributed by atoms with Crippen molar-refractivity contribution in [2.75, 3.05) is 26.8 Å². The Balaban J connectivity index is 1.90. The van der Waals surface area contributed by atoms with Crippen LogP contribution in [0.4, 0.5) is 0 Å². The zero-order valence-electron chi connectivity index (χ0n) is 16.8. The van der Waals surface area contributed by atoms with Crippen molar-refractivity contribution in [3.8, 4) is 11.5 Å². The summed E-state index contributed by atoms with van der Waals surface area (Å²) in [6.07, 6.45) is -0.655. The van der Waals surface area contributed by atoms with Crippen LogP contribution in [0.3, 0.4) is 0 Å². The lowest BCUT2D eigenvalue weighted by Gasteiger charge is -2.29. The molecule has 152 valence electrons. The predicted molar refractivity (Wildman–Crippen MR) is 109 cm³/mol. The molecular weight excluding hydrogens is 356 g/mol. The number of ether oxygens (including phenoxy) is 2. The average molecular weight is 386 g/mol. The minimum atomic E-state index is -0.655. The number of aliphatic hydroxyl groups is 1. The Morgan fingerprint density at radius 3 is 2.25 bits per heavy atom. The molecule has 0 aliphatic carbocycles. The number of benzene rings is 2. The van der Waals surface area contributed by atoms with Crippen LogP contribution in [0.5, 0.6) is 11.5 Å². The Morgan fingerprint density at radius 2 is 1.64 bits per heavy atom. The van der Waals surface area contributed by atoms with Gasteiger partial charge in [0.1, 0.15) is 12.7 Å². The molecule has 1 atom stereocenters. The molecule has 1 unspecified atom stereocenters. The Morgan fingerprint density at radius 1 is 1.04 bits per heavy atom. The zero-order chi connectivity index (χ0) is 20.4. The molecule has 28 heavy (non-hydrogen) atoms. The molecule has 0 aliphatic heterocycles. The third-order valence-corrected chi connectivity index (χ3v) is 4.32. The van der Waals surface area contributed by atoms with E-state index in [0.717, 1.165) is 6.54 Å². The standard InChI is InChI=1S/C22H30N2O4/c1-17(2)24(13-18-9-5-4-6-10-18)14-19(25)15-27-20-11-7-8-12-21(20)28-16-22(26)23-3/h4-12,17,19,25H,13-16H2,1-3H3,(H,23,26). The van der Waals surface area contributed by atoms with Crippen molar-refractivity contribution >= 4 is 5.91 Å². The number of hydrogen-bond acceptors (Lipinski definition) is 5. The number of nitrogens with zero attached hydrogens (tertiary/aromatic N) is 1. The molecule has 0 saturated carbocycles. The highest BCUT2D eigenvalue weighted by molar-refractivity contribution is 5.77. The van der Waals surface area contributed by atoms with Gasteiger partial charge in [0.15, 0.2) is 18.1 Å². The molecule has 0 spiro atoms. The Hall–Kier alpha value is -2.57. The topological polar surface area (TPSA) is 71.0 Å². The molecule has 2 rings (SSSR count). The number of carbonyl (C=O) groups excluding carboxylic acids is 1. The van der Waals surface area contributed by atoms with Gasteiger partial charge in [-0.15, -0.1) is 0 Å². The summed E-state index contributed by atoms with van der Waals surface area (Å²) < 4.78 is 11.3. The Kier molecular flexibility index (Phi) is 8.78. The smallest absolute Gasteiger partial charge is 0.257 e. The van der Waals surface area contributed by atoms with Crippen LogP contribution >= 0.6 is 0 Å². The summed E-state index contributed by atoms with van der Waals surface area (Å²) in [7, 11) is 1.56. The van der Waals surface area contributed by atoms with Gasteiger partial charge in [0.25, 0.3) is 5.91 Å². The summed E-state index contributed by atoms with van der Waals surface area (Å²) in [4.78, 5) is 13.6. The van der Waals surface area contributed by atoms with Crippen molar-refractivity contribution in [2.45, 2.75) is 32.5 Å².